The lowest BCUT2D eigenvalue weighted by molar-refractivity contribution is 0.0584. The van der Waals surface area contributed by atoms with Gasteiger partial charge in [0.25, 0.3) is 0 Å². The van der Waals surface area contributed by atoms with E-state index in [4.69, 9.17) is 10.5 Å². The first-order valence-electron chi connectivity index (χ1n) is 6.08. The van der Waals surface area contributed by atoms with Gasteiger partial charge in [0.05, 0.1) is 0 Å². The normalized spacial score (nSPS) is 18.5. The van der Waals surface area contributed by atoms with Gasteiger partial charge in [-0.15, -0.1) is 12.4 Å². The topological polar surface area (TPSA) is 35.2 Å². The zero-order chi connectivity index (χ0) is 11.5. The van der Waals surface area contributed by atoms with Crippen molar-refractivity contribution in [3.8, 4) is 0 Å². The molecule has 1 saturated heterocycles. The van der Waals surface area contributed by atoms with Crippen molar-refractivity contribution in [3.63, 3.8) is 0 Å². The number of hydrogen-bond acceptors (Lipinski definition) is 2. The standard InChI is InChI=1S/C14H21NO.ClH/c1-10-7-11(2)9-13(8-10)14(15)12-3-5-16-6-4-12;/h7-9,12,14H,3-6,15H2,1-2H3;1H/t14-;/m0./s1. The van der Waals surface area contributed by atoms with Crippen molar-refractivity contribution in [1.29, 1.82) is 0 Å². The van der Waals surface area contributed by atoms with Crippen molar-refractivity contribution < 1.29 is 4.74 Å². The Balaban J connectivity index is 0.00000144. The van der Waals surface area contributed by atoms with Gasteiger partial charge >= 0.3 is 0 Å². The van der Waals surface area contributed by atoms with Gasteiger partial charge in [-0.25, -0.2) is 0 Å². The molecular formula is C14H22ClNO. The Morgan fingerprint density at radius 1 is 1.12 bits per heavy atom. The van der Waals surface area contributed by atoms with E-state index < -0.39 is 0 Å². The van der Waals surface area contributed by atoms with Gasteiger partial charge in [0.15, 0.2) is 0 Å². The molecule has 0 radical (unpaired) electrons. The van der Waals surface area contributed by atoms with Crippen molar-refractivity contribution in [2.24, 2.45) is 11.7 Å². The summed E-state index contributed by atoms with van der Waals surface area (Å²) in [6.45, 7) is 5.99. The smallest absolute Gasteiger partial charge is 0.0469 e. The Hall–Kier alpha value is -0.570. The summed E-state index contributed by atoms with van der Waals surface area (Å²) < 4.78 is 5.38. The van der Waals surface area contributed by atoms with E-state index >= 15 is 0 Å². The molecule has 2 nitrogen and oxygen atoms in total. The highest BCUT2D eigenvalue weighted by Gasteiger charge is 2.22. The first-order valence-corrected chi connectivity index (χ1v) is 6.08. The van der Waals surface area contributed by atoms with Crippen LogP contribution >= 0.6 is 12.4 Å². The SMILES string of the molecule is Cc1cc(C)cc([C@@H](N)C2CCOCC2)c1.Cl. The average molecular weight is 256 g/mol. The molecule has 96 valence electrons. The predicted octanol–water partition coefficient (Wildman–Crippen LogP) is 3.15. The second-order valence-electron chi connectivity index (χ2n) is 4.90. The molecule has 0 unspecified atom stereocenters. The van der Waals surface area contributed by atoms with Crippen LogP contribution in [0.4, 0.5) is 0 Å². The Labute approximate surface area is 110 Å². The van der Waals surface area contributed by atoms with Crippen LogP contribution in [0.15, 0.2) is 18.2 Å². The summed E-state index contributed by atoms with van der Waals surface area (Å²) >= 11 is 0. The van der Waals surface area contributed by atoms with Gasteiger partial charge in [-0.3, -0.25) is 0 Å². The van der Waals surface area contributed by atoms with E-state index in [1.807, 2.05) is 0 Å². The number of hydrogen-bond donors (Lipinski definition) is 1. The zero-order valence-electron chi connectivity index (χ0n) is 10.6. The van der Waals surface area contributed by atoms with Crippen molar-refractivity contribution in [1.82, 2.24) is 0 Å². The van der Waals surface area contributed by atoms with Gasteiger partial charge < -0.3 is 10.5 Å². The third kappa shape index (κ3) is 3.70. The van der Waals surface area contributed by atoms with E-state index in [9.17, 15) is 0 Å². The molecule has 1 atom stereocenters. The van der Waals surface area contributed by atoms with Crippen LogP contribution in [-0.4, -0.2) is 13.2 Å². The van der Waals surface area contributed by atoms with Gasteiger partial charge in [0.2, 0.25) is 0 Å². The molecule has 1 heterocycles. The molecule has 1 fully saturated rings. The molecular weight excluding hydrogens is 234 g/mol. The molecule has 0 aliphatic carbocycles. The molecule has 17 heavy (non-hydrogen) atoms. The fourth-order valence-corrected chi connectivity index (χ4v) is 2.55. The van der Waals surface area contributed by atoms with Gasteiger partial charge in [0, 0.05) is 19.3 Å². The summed E-state index contributed by atoms with van der Waals surface area (Å²) in [6.07, 6.45) is 2.18. The zero-order valence-corrected chi connectivity index (χ0v) is 11.4. The molecule has 0 amide bonds. The lowest BCUT2D eigenvalue weighted by Crippen LogP contribution is -2.27. The highest BCUT2D eigenvalue weighted by atomic mass is 35.5. The summed E-state index contributed by atoms with van der Waals surface area (Å²) in [6, 6.07) is 6.79. The quantitative estimate of drug-likeness (QED) is 0.881. The summed E-state index contributed by atoms with van der Waals surface area (Å²) in [5.74, 6) is 0.579. The number of benzene rings is 1. The molecule has 1 aliphatic heterocycles. The number of aryl methyl sites for hydroxylation is 2. The fourth-order valence-electron chi connectivity index (χ4n) is 2.55. The molecule has 1 aromatic rings. The number of rotatable bonds is 2. The number of nitrogens with two attached hydrogens (primary N) is 1. The maximum atomic E-state index is 6.35. The maximum Gasteiger partial charge on any atom is 0.0469 e. The first-order chi connectivity index (χ1) is 7.66. The van der Waals surface area contributed by atoms with Crippen LogP contribution in [0, 0.1) is 19.8 Å². The van der Waals surface area contributed by atoms with Crippen LogP contribution in [0.25, 0.3) is 0 Å². The minimum atomic E-state index is 0. The molecule has 0 bridgehead atoms. The van der Waals surface area contributed by atoms with Crippen LogP contribution in [0.1, 0.15) is 35.6 Å². The third-order valence-corrected chi connectivity index (χ3v) is 3.40. The molecule has 0 spiro atoms. The van der Waals surface area contributed by atoms with E-state index in [2.05, 4.69) is 32.0 Å². The Morgan fingerprint density at radius 2 is 1.65 bits per heavy atom. The minimum absolute atomic E-state index is 0. The molecule has 2 N–H and O–H groups in total. The van der Waals surface area contributed by atoms with Gasteiger partial charge in [-0.1, -0.05) is 29.3 Å². The lowest BCUT2D eigenvalue weighted by atomic mass is 9.87. The van der Waals surface area contributed by atoms with Gasteiger partial charge in [-0.05, 0) is 38.2 Å². The molecule has 2 rings (SSSR count). The largest absolute Gasteiger partial charge is 0.381 e. The molecule has 0 aromatic heterocycles. The molecule has 1 aliphatic rings. The summed E-state index contributed by atoms with van der Waals surface area (Å²) in [5, 5.41) is 0. The fraction of sp³-hybridized carbons (Fsp3) is 0.571. The van der Waals surface area contributed by atoms with Crippen LogP contribution in [0.2, 0.25) is 0 Å². The van der Waals surface area contributed by atoms with Crippen molar-refractivity contribution in [2.75, 3.05) is 13.2 Å². The summed E-state index contributed by atoms with van der Waals surface area (Å²) in [5.41, 5.74) is 10.2. The van der Waals surface area contributed by atoms with Gasteiger partial charge in [0.1, 0.15) is 0 Å². The monoisotopic (exact) mass is 255 g/mol. The minimum Gasteiger partial charge on any atom is -0.381 e. The Bertz CT molecular complexity index is 341. The van der Waals surface area contributed by atoms with E-state index in [-0.39, 0.29) is 18.4 Å². The van der Waals surface area contributed by atoms with Crippen molar-refractivity contribution in [3.05, 3.63) is 34.9 Å². The Morgan fingerprint density at radius 3 is 2.18 bits per heavy atom. The lowest BCUT2D eigenvalue weighted by Gasteiger charge is -2.28. The highest BCUT2D eigenvalue weighted by Crippen LogP contribution is 2.28. The second kappa shape index (κ2) is 6.39. The second-order valence-corrected chi connectivity index (χ2v) is 4.90. The van der Waals surface area contributed by atoms with Crippen molar-refractivity contribution >= 4 is 12.4 Å². The van der Waals surface area contributed by atoms with Crippen LogP contribution in [-0.2, 0) is 4.74 Å². The van der Waals surface area contributed by atoms with E-state index in [1.165, 1.54) is 16.7 Å². The van der Waals surface area contributed by atoms with E-state index in [0.717, 1.165) is 26.1 Å². The van der Waals surface area contributed by atoms with Crippen LogP contribution in [0.3, 0.4) is 0 Å². The van der Waals surface area contributed by atoms with Crippen molar-refractivity contribution in [2.45, 2.75) is 32.7 Å². The summed E-state index contributed by atoms with van der Waals surface area (Å²) in [4.78, 5) is 0. The van der Waals surface area contributed by atoms with E-state index in [1.54, 1.807) is 0 Å². The highest BCUT2D eigenvalue weighted by molar-refractivity contribution is 5.85. The first kappa shape index (κ1) is 14.5. The maximum absolute atomic E-state index is 6.35. The molecule has 1 aromatic carbocycles. The van der Waals surface area contributed by atoms with Crippen LogP contribution in [0.5, 0.6) is 0 Å². The van der Waals surface area contributed by atoms with E-state index in [0.29, 0.717) is 5.92 Å². The third-order valence-electron chi connectivity index (χ3n) is 3.40. The Kier molecular flexibility index (Phi) is 5.44. The number of ether oxygens (including phenoxy) is 1. The average Bonchev–Trinajstić information content (AvgIpc) is 2.28. The molecule has 0 saturated carbocycles. The summed E-state index contributed by atoms with van der Waals surface area (Å²) in [7, 11) is 0. The predicted molar refractivity (Wildman–Crippen MR) is 73.6 cm³/mol. The number of halogens is 1. The van der Waals surface area contributed by atoms with Gasteiger partial charge in [-0.2, -0.15) is 0 Å². The molecule has 3 heteroatoms. The van der Waals surface area contributed by atoms with Crippen LogP contribution < -0.4 is 5.73 Å².